The van der Waals surface area contributed by atoms with Crippen LogP contribution in [0.3, 0.4) is 0 Å². The first-order valence-corrected chi connectivity index (χ1v) is 8.18. The van der Waals surface area contributed by atoms with Gasteiger partial charge >= 0.3 is 0 Å². The predicted octanol–water partition coefficient (Wildman–Crippen LogP) is 1.92. The van der Waals surface area contributed by atoms with Gasteiger partial charge in [-0.15, -0.1) is 0 Å². The highest BCUT2D eigenvalue weighted by Gasteiger charge is 2.31. The monoisotopic (exact) mass is 338 g/mol. The number of amides is 2. The third-order valence-electron chi connectivity index (χ3n) is 4.51. The average Bonchev–Trinajstić information content (AvgIpc) is 3.15. The largest absolute Gasteiger partial charge is 0.326 e. The number of H-pyrrole nitrogens is 1. The first-order valence-electron chi connectivity index (χ1n) is 8.18. The van der Waals surface area contributed by atoms with Crippen LogP contribution < -0.4 is 10.6 Å². The van der Waals surface area contributed by atoms with E-state index in [-0.39, 0.29) is 18.2 Å². The molecule has 0 saturated carbocycles. The fourth-order valence-corrected chi connectivity index (χ4v) is 3.31. The minimum atomic E-state index is -0.537. The number of carbonyl (C=O) groups excluding carboxylic acids is 2. The highest BCUT2D eigenvalue weighted by Crippen LogP contribution is 2.33. The Labute approximate surface area is 143 Å². The SMILES string of the molecule is CCc1nn(C)c2n[nH]c(NC(=O)[C@@H]3CC(=O)Nc4ccccc43)c12. The second-order valence-electron chi connectivity index (χ2n) is 6.10. The molecule has 128 valence electrons. The van der Waals surface area contributed by atoms with E-state index in [0.29, 0.717) is 17.2 Å². The van der Waals surface area contributed by atoms with Crippen LogP contribution in [0.5, 0.6) is 0 Å². The second-order valence-corrected chi connectivity index (χ2v) is 6.10. The van der Waals surface area contributed by atoms with E-state index < -0.39 is 5.92 Å². The minimum absolute atomic E-state index is 0.119. The molecule has 2 aromatic heterocycles. The van der Waals surface area contributed by atoms with Crippen LogP contribution in [0.2, 0.25) is 0 Å². The Hall–Kier alpha value is -3.16. The van der Waals surface area contributed by atoms with Gasteiger partial charge in [-0.05, 0) is 18.1 Å². The third kappa shape index (κ3) is 2.46. The molecule has 3 heterocycles. The Morgan fingerprint density at radius 3 is 3.00 bits per heavy atom. The van der Waals surface area contributed by atoms with Crippen molar-refractivity contribution in [2.45, 2.75) is 25.7 Å². The highest BCUT2D eigenvalue weighted by molar-refractivity contribution is 6.07. The van der Waals surface area contributed by atoms with Gasteiger partial charge in [0, 0.05) is 19.2 Å². The summed E-state index contributed by atoms with van der Waals surface area (Å²) in [6.45, 7) is 2.00. The lowest BCUT2D eigenvalue weighted by molar-refractivity contribution is -0.123. The molecule has 0 unspecified atom stereocenters. The molecule has 0 radical (unpaired) electrons. The van der Waals surface area contributed by atoms with E-state index in [9.17, 15) is 9.59 Å². The van der Waals surface area contributed by atoms with Gasteiger partial charge in [-0.2, -0.15) is 10.2 Å². The number of nitrogens with zero attached hydrogens (tertiary/aromatic N) is 3. The van der Waals surface area contributed by atoms with E-state index in [1.807, 2.05) is 32.2 Å². The summed E-state index contributed by atoms with van der Waals surface area (Å²) in [5.74, 6) is -0.415. The van der Waals surface area contributed by atoms with Crippen molar-refractivity contribution in [2.75, 3.05) is 10.6 Å². The molecule has 0 spiro atoms. The van der Waals surface area contributed by atoms with Gasteiger partial charge in [0.2, 0.25) is 11.8 Å². The van der Waals surface area contributed by atoms with Gasteiger partial charge in [0.05, 0.1) is 17.0 Å². The maximum absolute atomic E-state index is 12.9. The van der Waals surface area contributed by atoms with Gasteiger partial charge in [-0.1, -0.05) is 25.1 Å². The molecule has 4 rings (SSSR count). The molecule has 1 atom stereocenters. The van der Waals surface area contributed by atoms with Crippen LogP contribution in [0.15, 0.2) is 24.3 Å². The smallest absolute Gasteiger partial charge is 0.233 e. The molecule has 8 nitrogen and oxygen atoms in total. The van der Waals surface area contributed by atoms with Gasteiger partial charge in [0.25, 0.3) is 0 Å². The normalized spacial score (nSPS) is 16.6. The van der Waals surface area contributed by atoms with Gasteiger partial charge in [-0.3, -0.25) is 14.7 Å². The summed E-state index contributed by atoms with van der Waals surface area (Å²) in [7, 11) is 1.82. The summed E-state index contributed by atoms with van der Waals surface area (Å²) in [4.78, 5) is 24.8. The zero-order valence-corrected chi connectivity index (χ0v) is 14.0. The number of fused-ring (bicyclic) bond motifs is 2. The number of hydrogen-bond donors (Lipinski definition) is 3. The van der Waals surface area contributed by atoms with Crippen molar-refractivity contribution in [3.63, 3.8) is 0 Å². The molecule has 0 fully saturated rings. The first kappa shape index (κ1) is 15.4. The van der Waals surface area contributed by atoms with Crippen LogP contribution >= 0.6 is 0 Å². The lowest BCUT2D eigenvalue weighted by atomic mass is 9.90. The Kier molecular flexibility index (Phi) is 3.52. The Bertz CT molecular complexity index is 986. The summed E-state index contributed by atoms with van der Waals surface area (Å²) >= 11 is 0. The summed E-state index contributed by atoms with van der Waals surface area (Å²) in [6.07, 6.45) is 0.849. The van der Waals surface area contributed by atoms with E-state index in [2.05, 4.69) is 25.9 Å². The van der Waals surface area contributed by atoms with Crippen molar-refractivity contribution in [1.82, 2.24) is 20.0 Å². The molecule has 1 aromatic carbocycles. The highest BCUT2D eigenvalue weighted by atomic mass is 16.2. The quantitative estimate of drug-likeness (QED) is 0.678. The predicted molar refractivity (Wildman–Crippen MR) is 93.3 cm³/mol. The molecule has 1 aliphatic rings. The number of para-hydroxylation sites is 1. The molecule has 2 amide bonds. The average molecular weight is 338 g/mol. The number of rotatable bonds is 3. The maximum Gasteiger partial charge on any atom is 0.233 e. The van der Waals surface area contributed by atoms with Crippen molar-refractivity contribution >= 4 is 34.4 Å². The van der Waals surface area contributed by atoms with E-state index in [1.165, 1.54) is 0 Å². The molecule has 0 saturated heterocycles. The van der Waals surface area contributed by atoms with Gasteiger partial charge < -0.3 is 10.6 Å². The number of hydrogen-bond acceptors (Lipinski definition) is 4. The number of aromatic nitrogens is 4. The number of carbonyl (C=O) groups is 2. The molecular weight excluding hydrogens is 320 g/mol. The van der Waals surface area contributed by atoms with E-state index >= 15 is 0 Å². The van der Waals surface area contributed by atoms with E-state index in [1.54, 1.807) is 10.7 Å². The van der Waals surface area contributed by atoms with Gasteiger partial charge in [0.1, 0.15) is 5.82 Å². The molecule has 3 aromatic rings. The van der Waals surface area contributed by atoms with Crippen molar-refractivity contribution in [3.05, 3.63) is 35.5 Å². The Morgan fingerprint density at radius 1 is 1.40 bits per heavy atom. The Morgan fingerprint density at radius 2 is 2.20 bits per heavy atom. The summed E-state index contributed by atoms with van der Waals surface area (Å²) < 4.78 is 1.68. The Balaban J connectivity index is 1.68. The molecule has 25 heavy (non-hydrogen) atoms. The maximum atomic E-state index is 12.9. The van der Waals surface area contributed by atoms with Crippen molar-refractivity contribution in [3.8, 4) is 0 Å². The summed E-state index contributed by atoms with van der Waals surface area (Å²) in [5, 5.41) is 18.0. The number of aryl methyl sites for hydroxylation is 2. The fourth-order valence-electron chi connectivity index (χ4n) is 3.31. The van der Waals surface area contributed by atoms with Crippen LogP contribution in [-0.4, -0.2) is 31.8 Å². The molecule has 0 aliphatic carbocycles. The lowest BCUT2D eigenvalue weighted by Crippen LogP contribution is -2.30. The number of aromatic amines is 1. The summed E-state index contributed by atoms with van der Waals surface area (Å²) in [6, 6.07) is 7.36. The number of anilines is 2. The topological polar surface area (TPSA) is 105 Å². The minimum Gasteiger partial charge on any atom is -0.326 e. The van der Waals surface area contributed by atoms with Crippen LogP contribution in [0.25, 0.3) is 11.0 Å². The second kappa shape index (κ2) is 5.73. The first-order chi connectivity index (χ1) is 12.1. The van der Waals surface area contributed by atoms with Crippen LogP contribution in [0.1, 0.15) is 30.5 Å². The number of nitrogens with one attached hydrogen (secondary N) is 3. The van der Waals surface area contributed by atoms with Crippen LogP contribution in [0.4, 0.5) is 11.5 Å². The zero-order valence-electron chi connectivity index (χ0n) is 14.0. The molecule has 0 bridgehead atoms. The zero-order chi connectivity index (χ0) is 17.6. The third-order valence-corrected chi connectivity index (χ3v) is 4.51. The van der Waals surface area contributed by atoms with E-state index in [0.717, 1.165) is 23.1 Å². The number of benzene rings is 1. The summed E-state index contributed by atoms with van der Waals surface area (Å²) in [5.41, 5.74) is 3.05. The molecular formula is C17H18N6O2. The lowest BCUT2D eigenvalue weighted by Gasteiger charge is -2.24. The van der Waals surface area contributed by atoms with Crippen molar-refractivity contribution < 1.29 is 9.59 Å². The van der Waals surface area contributed by atoms with Gasteiger partial charge in [-0.25, -0.2) is 4.68 Å². The van der Waals surface area contributed by atoms with E-state index in [4.69, 9.17) is 0 Å². The van der Waals surface area contributed by atoms with Crippen LogP contribution in [-0.2, 0) is 23.1 Å². The molecule has 8 heteroatoms. The van der Waals surface area contributed by atoms with Crippen LogP contribution in [0, 0.1) is 0 Å². The molecule has 1 aliphatic heterocycles. The van der Waals surface area contributed by atoms with Gasteiger partial charge in [0.15, 0.2) is 5.65 Å². The van der Waals surface area contributed by atoms with Crippen molar-refractivity contribution in [1.29, 1.82) is 0 Å². The standard InChI is InChI=1S/C17H18N6O2/c1-3-11-14-15(20-21-16(14)23(2)22-11)19-17(25)10-8-13(24)18-12-7-5-4-6-9(10)12/h4-7,10H,3,8H2,1-2H3,(H,18,24)(H2,19,20,21,25)/t10-/m1/s1. The fraction of sp³-hybridized carbons (Fsp3) is 0.294. The van der Waals surface area contributed by atoms with Crippen molar-refractivity contribution in [2.24, 2.45) is 7.05 Å². The molecule has 3 N–H and O–H groups in total.